The maximum Gasteiger partial charge on any atom is 0.160 e. The number of hydrogen-bond donors (Lipinski definition) is 0. The fourth-order valence-electron chi connectivity index (χ4n) is 13.5. The molecule has 0 bridgehead atoms. The van der Waals surface area contributed by atoms with E-state index in [0.29, 0.717) is 11.6 Å². The summed E-state index contributed by atoms with van der Waals surface area (Å²) in [5.41, 5.74) is 26.0. The van der Waals surface area contributed by atoms with E-state index in [-0.39, 0.29) is 0 Å². The average Bonchev–Trinajstić information content (AvgIpc) is 0.802. The van der Waals surface area contributed by atoms with Crippen LogP contribution in [0.4, 0.5) is 0 Å². The zero-order valence-corrected chi connectivity index (χ0v) is 54.5. The van der Waals surface area contributed by atoms with Crippen molar-refractivity contribution in [1.82, 2.24) is 29.9 Å². The Bertz CT molecular complexity index is 5840. The molecule has 4 aromatic heterocycles. The summed E-state index contributed by atoms with van der Waals surface area (Å²) in [5, 5.41) is 7.15. The lowest BCUT2D eigenvalue weighted by Gasteiger charge is -2.12. The highest BCUT2D eigenvalue weighted by Gasteiger charge is 2.16. The van der Waals surface area contributed by atoms with Gasteiger partial charge in [-0.15, -0.1) is 0 Å². The van der Waals surface area contributed by atoms with Crippen molar-refractivity contribution >= 4 is 43.4 Å². The number of nitrogens with zero attached hydrogens (tertiary/aromatic N) is 6. The molecular weight excluding hydrogens is 1210 g/mol. The second-order valence-electron chi connectivity index (χ2n) is 25.0. The Balaban J connectivity index is 0.000000150. The molecule has 0 spiro atoms. The number of benzene rings is 14. The van der Waals surface area contributed by atoms with E-state index in [1.807, 2.05) is 103 Å². The highest BCUT2D eigenvalue weighted by Crippen LogP contribution is 2.39. The minimum absolute atomic E-state index is 0.710. The third kappa shape index (κ3) is 12.5. The Morgan fingerprint density at radius 1 is 0.180 bits per heavy atom. The van der Waals surface area contributed by atoms with Crippen molar-refractivity contribution < 1.29 is 0 Å². The Morgan fingerprint density at radius 2 is 0.510 bits per heavy atom. The van der Waals surface area contributed by atoms with Gasteiger partial charge in [-0.25, -0.2) is 19.9 Å². The summed E-state index contributed by atoms with van der Waals surface area (Å²) in [6.45, 7) is 0. The molecule has 0 N–H and O–H groups in total. The van der Waals surface area contributed by atoms with Gasteiger partial charge in [0.2, 0.25) is 0 Å². The standard InChI is InChI=1S/2C47H31N3/c1-3-10-35(11-4-1)44-31-45(36-12-5-2-6-13-36)50-47(49-44)38-25-23-33(24-26-38)41-17-8-15-40-30-39(27-28-42(40)41)32-19-21-34(22-20-32)43-18-7-14-37-16-9-29-48-46(37)43;1-3-10-35(11-4-1)45-30-46(36-12-5-2-6-13-36)50-47(49-45)37-24-22-34(23-25-37)42-16-9-15-39-28-38(26-27-43(39)42)32-18-20-33(21-19-32)41-29-40-14-7-8-17-44(40)48-31-41/h2*1-31H. The van der Waals surface area contributed by atoms with E-state index in [1.54, 1.807) is 0 Å². The molecule has 0 saturated heterocycles. The first-order valence-corrected chi connectivity index (χ1v) is 33.7. The van der Waals surface area contributed by atoms with Crippen LogP contribution in [0.3, 0.4) is 0 Å². The molecule has 18 rings (SSSR count). The predicted molar refractivity (Wildman–Crippen MR) is 415 cm³/mol. The van der Waals surface area contributed by atoms with E-state index in [9.17, 15) is 0 Å². The van der Waals surface area contributed by atoms with Gasteiger partial charge >= 0.3 is 0 Å². The van der Waals surface area contributed by atoms with E-state index in [1.165, 1.54) is 54.9 Å². The van der Waals surface area contributed by atoms with Crippen LogP contribution in [0, 0.1) is 0 Å². The molecule has 0 aliphatic heterocycles. The highest BCUT2D eigenvalue weighted by atomic mass is 14.9. The van der Waals surface area contributed by atoms with Gasteiger partial charge in [-0.1, -0.05) is 322 Å². The van der Waals surface area contributed by atoms with Crippen LogP contribution in [0.15, 0.2) is 376 Å². The molecule has 0 fully saturated rings. The number of aromatic nitrogens is 6. The third-order valence-electron chi connectivity index (χ3n) is 18.7. The van der Waals surface area contributed by atoms with E-state index in [0.717, 1.165) is 111 Å². The molecule has 0 aliphatic rings. The molecule has 100 heavy (non-hydrogen) atoms. The van der Waals surface area contributed by atoms with Crippen molar-refractivity contribution in [2.75, 3.05) is 0 Å². The van der Waals surface area contributed by atoms with Gasteiger partial charge < -0.3 is 0 Å². The molecule has 0 unspecified atom stereocenters. The summed E-state index contributed by atoms with van der Waals surface area (Å²) in [5.74, 6) is 1.42. The Kier molecular flexibility index (Phi) is 16.3. The van der Waals surface area contributed by atoms with Gasteiger partial charge in [0, 0.05) is 67.7 Å². The smallest absolute Gasteiger partial charge is 0.160 e. The van der Waals surface area contributed by atoms with Crippen LogP contribution in [-0.4, -0.2) is 29.9 Å². The zero-order valence-electron chi connectivity index (χ0n) is 54.5. The van der Waals surface area contributed by atoms with Crippen molar-refractivity contribution in [2.45, 2.75) is 0 Å². The molecule has 6 heteroatoms. The fraction of sp³-hybridized carbons (Fsp3) is 0. The molecule has 0 atom stereocenters. The van der Waals surface area contributed by atoms with Gasteiger partial charge in [0.05, 0.1) is 33.8 Å². The van der Waals surface area contributed by atoms with Gasteiger partial charge in [-0.05, 0) is 120 Å². The minimum atomic E-state index is 0.710. The monoisotopic (exact) mass is 1270 g/mol. The van der Waals surface area contributed by atoms with Gasteiger partial charge in [0.1, 0.15) is 0 Å². The zero-order chi connectivity index (χ0) is 66.6. The van der Waals surface area contributed by atoms with E-state index in [2.05, 4.69) is 283 Å². The lowest BCUT2D eigenvalue weighted by molar-refractivity contribution is 1.18. The number of hydrogen-bond acceptors (Lipinski definition) is 6. The van der Waals surface area contributed by atoms with Crippen molar-refractivity contribution in [3.8, 4) is 135 Å². The number of rotatable bonds is 12. The van der Waals surface area contributed by atoms with E-state index in [4.69, 9.17) is 19.9 Å². The van der Waals surface area contributed by atoms with E-state index >= 15 is 0 Å². The van der Waals surface area contributed by atoms with Crippen LogP contribution in [0.2, 0.25) is 0 Å². The first-order chi connectivity index (χ1) is 49.5. The lowest BCUT2D eigenvalue weighted by atomic mass is 9.94. The fourth-order valence-corrected chi connectivity index (χ4v) is 13.5. The topological polar surface area (TPSA) is 77.3 Å². The number of para-hydroxylation sites is 2. The molecule has 14 aromatic carbocycles. The largest absolute Gasteiger partial charge is 0.256 e. The number of fused-ring (bicyclic) bond motifs is 4. The molecule has 0 aliphatic carbocycles. The van der Waals surface area contributed by atoms with Crippen LogP contribution in [0.25, 0.3) is 178 Å². The number of pyridine rings is 2. The minimum Gasteiger partial charge on any atom is -0.256 e. The third-order valence-corrected chi connectivity index (χ3v) is 18.7. The molecule has 18 aromatic rings. The van der Waals surface area contributed by atoms with Crippen LogP contribution in [0.5, 0.6) is 0 Å². The first kappa shape index (κ1) is 60.3. The normalized spacial score (nSPS) is 11.2. The molecule has 0 saturated carbocycles. The summed E-state index contributed by atoms with van der Waals surface area (Å²) in [7, 11) is 0. The van der Waals surface area contributed by atoms with Crippen LogP contribution in [-0.2, 0) is 0 Å². The van der Waals surface area contributed by atoms with Crippen molar-refractivity contribution in [3.63, 3.8) is 0 Å². The summed E-state index contributed by atoms with van der Waals surface area (Å²) < 4.78 is 0. The first-order valence-electron chi connectivity index (χ1n) is 33.7. The SMILES string of the molecule is c1ccc(-c2cc(-c3ccccc3)nc(-c3ccc(-c4cccc5cc(-c6ccc(-c7cccc8cccnc78)cc6)ccc45)cc3)n2)cc1.c1ccc(-c2cc(-c3ccccc3)nc(-c3ccc(-c4cccc5cc(-c6ccc(-c7cnc8ccccc8c7)cc6)ccc45)cc3)n2)cc1. The van der Waals surface area contributed by atoms with Gasteiger partial charge in [-0.2, -0.15) is 0 Å². The van der Waals surface area contributed by atoms with Crippen molar-refractivity contribution in [3.05, 3.63) is 376 Å². The molecule has 468 valence electrons. The Labute approximate surface area is 580 Å². The highest BCUT2D eigenvalue weighted by molar-refractivity contribution is 6.01. The molecule has 6 nitrogen and oxygen atoms in total. The Hall–Kier alpha value is -13.4. The van der Waals surface area contributed by atoms with Gasteiger partial charge in [0.25, 0.3) is 0 Å². The van der Waals surface area contributed by atoms with Crippen LogP contribution >= 0.6 is 0 Å². The summed E-state index contributed by atoms with van der Waals surface area (Å²) in [6.07, 6.45) is 3.82. The average molecular weight is 1280 g/mol. The Morgan fingerprint density at radius 3 is 0.960 bits per heavy atom. The van der Waals surface area contributed by atoms with Gasteiger partial charge in [0.15, 0.2) is 11.6 Å². The van der Waals surface area contributed by atoms with Crippen molar-refractivity contribution in [2.24, 2.45) is 0 Å². The molecule has 4 heterocycles. The van der Waals surface area contributed by atoms with Crippen molar-refractivity contribution in [1.29, 1.82) is 0 Å². The van der Waals surface area contributed by atoms with E-state index < -0.39 is 0 Å². The van der Waals surface area contributed by atoms with Crippen LogP contribution in [0.1, 0.15) is 0 Å². The summed E-state index contributed by atoms with van der Waals surface area (Å²) in [4.78, 5) is 29.3. The van der Waals surface area contributed by atoms with Crippen LogP contribution < -0.4 is 0 Å². The predicted octanol–water partition coefficient (Wildman–Crippen LogP) is 24.4. The second kappa shape index (κ2) is 27.0. The quantitative estimate of drug-likeness (QED) is 0.121. The maximum absolute atomic E-state index is 5.01. The lowest BCUT2D eigenvalue weighted by Crippen LogP contribution is -1.96. The molecule has 0 radical (unpaired) electrons. The summed E-state index contributed by atoms with van der Waals surface area (Å²) in [6, 6.07) is 128. The second-order valence-corrected chi connectivity index (χ2v) is 25.0. The molecule has 0 amide bonds. The molecular formula is C94H62N6. The maximum atomic E-state index is 5.01. The summed E-state index contributed by atoms with van der Waals surface area (Å²) >= 11 is 0. The van der Waals surface area contributed by atoms with Gasteiger partial charge in [-0.3, -0.25) is 9.97 Å².